The highest BCUT2D eigenvalue weighted by molar-refractivity contribution is 7.18. The summed E-state index contributed by atoms with van der Waals surface area (Å²) in [5.74, 6) is -0.107. The van der Waals surface area contributed by atoms with E-state index in [0.29, 0.717) is 0 Å². The number of halogens is 1. The number of fused-ring (bicyclic) bond motifs is 1. The van der Waals surface area contributed by atoms with Crippen LogP contribution in [0.15, 0.2) is 48.5 Å². The molecule has 3 nitrogen and oxygen atoms in total. The van der Waals surface area contributed by atoms with E-state index < -0.39 is 0 Å². The molecule has 1 saturated heterocycles. The van der Waals surface area contributed by atoms with Crippen molar-refractivity contribution < 1.29 is 4.39 Å². The zero-order valence-corrected chi connectivity index (χ0v) is 14.2. The first kappa shape index (κ1) is 15.7. The van der Waals surface area contributed by atoms with E-state index in [9.17, 15) is 4.39 Å². The second-order valence-corrected chi connectivity index (χ2v) is 7.18. The number of hydrogen-bond donors (Lipinski definition) is 1. The van der Waals surface area contributed by atoms with Gasteiger partial charge in [0.05, 0.1) is 16.3 Å². The van der Waals surface area contributed by atoms with Gasteiger partial charge in [0.25, 0.3) is 0 Å². The maximum atomic E-state index is 13.9. The van der Waals surface area contributed by atoms with E-state index in [0.717, 1.165) is 48.7 Å². The molecule has 1 N–H and O–H groups in total. The fraction of sp³-hybridized carbons (Fsp3) is 0.316. The second-order valence-electron chi connectivity index (χ2n) is 6.12. The molecule has 4 rings (SSSR count). The molecule has 1 aliphatic rings. The van der Waals surface area contributed by atoms with Crippen LogP contribution in [0, 0.1) is 5.82 Å². The Kier molecular flexibility index (Phi) is 4.56. The molecular formula is C19H20FN3S. The van der Waals surface area contributed by atoms with Gasteiger partial charge in [-0.15, -0.1) is 11.3 Å². The highest BCUT2D eigenvalue weighted by Crippen LogP contribution is 2.30. The number of piperazine rings is 1. The Hall–Kier alpha value is -1.82. The number of para-hydroxylation sites is 1. The van der Waals surface area contributed by atoms with Crippen molar-refractivity contribution in [2.24, 2.45) is 0 Å². The van der Waals surface area contributed by atoms with E-state index in [2.05, 4.69) is 28.4 Å². The van der Waals surface area contributed by atoms with Crippen molar-refractivity contribution in [3.05, 3.63) is 64.9 Å². The van der Waals surface area contributed by atoms with Gasteiger partial charge in [-0.25, -0.2) is 9.37 Å². The predicted octanol–water partition coefficient (Wildman–Crippen LogP) is 3.62. The molecule has 1 unspecified atom stereocenters. The number of aromatic nitrogens is 1. The Balaban J connectivity index is 1.53. The molecule has 1 atom stereocenters. The van der Waals surface area contributed by atoms with Crippen molar-refractivity contribution in [2.45, 2.75) is 12.5 Å². The van der Waals surface area contributed by atoms with Crippen LogP contribution in [0.3, 0.4) is 0 Å². The fourth-order valence-corrected chi connectivity index (χ4v) is 4.36. The van der Waals surface area contributed by atoms with Crippen molar-refractivity contribution in [3.63, 3.8) is 0 Å². The molecule has 3 aromatic rings. The van der Waals surface area contributed by atoms with E-state index in [1.165, 1.54) is 10.8 Å². The smallest absolute Gasteiger partial charge is 0.126 e. The normalized spacial score (nSPS) is 19.0. The molecule has 0 radical (unpaired) electrons. The highest BCUT2D eigenvalue weighted by atomic mass is 32.1. The van der Waals surface area contributed by atoms with Crippen LogP contribution in [0.25, 0.3) is 10.2 Å². The van der Waals surface area contributed by atoms with E-state index in [-0.39, 0.29) is 11.9 Å². The lowest BCUT2D eigenvalue weighted by Crippen LogP contribution is -2.46. The molecule has 24 heavy (non-hydrogen) atoms. The number of thiazole rings is 1. The van der Waals surface area contributed by atoms with E-state index in [4.69, 9.17) is 4.98 Å². The molecule has 5 heteroatoms. The minimum absolute atomic E-state index is 0.107. The number of rotatable bonds is 4. The zero-order chi connectivity index (χ0) is 16.4. The second kappa shape index (κ2) is 6.97. The van der Waals surface area contributed by atoms with Gasteiger partial charge in [-0.05, 0) is 30.2 Å². The maximum absolute atomic E-state index is 13.9. The van der Waals surface area contributed by atoms with Crippen molar-refractivity contribution in [2.75, 3.05) is 26.2 Å². The maximum Gasteiger partial charge on any atom is 0.126 e. The third kappa shape index (κ3) is 3.20. The highest BCUT2D eigenvalue weighted by Gasteiger charge is 2.26. The molecule has 2 heterocycles. The Morgan fingerprint density at radius 1 is 1.17 bits per heavy atom. The number of nitrogens with zero attached hydrogens (tertiary/aromatic N) is 2. The lowest BCUT2D eigenvalue weighted by molar-refractivity contribution is 0.163. The van der Waals surface area contributed by atoms with Crippen molar-refractivity contribution in [1.29, 1.82) is 0 Å². The zero-order valence-electron chi connectivity index (χ0n) is 13.4. The average molecular weight is 341 g/mol. The van der Waals surface area contributed by atoms with Gasteiger partial charge < -0.3 is 5.32 Å². The summed E-state index contributed by atoms with van der Waals surface area (Å²) in [7, 11) is 0. The molecule has 2 aromatic carbocycles. The van der Waals surface area contributed by atoms with Gasteiger partial charge in [0.15, 0.2) is 0 Å². The van der Waals surface area contributed by atoms with Crippen LogP contribution >= 0.6 is 11.3 Å². The molecule has 1 aliphatic heterocycles. The SMILES string of the molecule is Fc1ccccc1CCN1CCNCC1c1nc2ccccc2s1. The molecule has 0 aliphatic carbocycles. The number of nitrogens with one attached hydrogen (secondary N) is 1. The monoisotopic (exact) mass is 341 g/mol. The van der Waals surface area contributed by atoms with Gasteiger partial charge >= 0.3 is 0 Å². The summed E-state index contributed by atoms with van der Waals surface area (Å²) in [4.78, 5) is 7.25. The molecular weight excluding hydrogens is 321 g/mol. The Morgan fingerprint density at radius 2 is 2.00 bits per heavy atom. The Bertz CT molecular complexity index is 799. The first-order chi connectivity index (χ1) is 11.8. The van der Waals surface area contributed by atoms with Gasteiger partial charge in [0.1, 0.15) is 10.8 Å². The van der Waals surface area contributed by atoms with Crippen LogP contribution in [0.2, 0.25) is 0 Å². The van der Waals surface area contributed by atoms with Crippen LogP contribution in [0.1, 0.15) is 16.6 Å². The molecule has 0 spiro atoms. The first-order valence-electron chi connectivity index (χ1n) is 8.35. The molecule has 0 amide bonds. The van der Waals surface area contributed by atoms with E-state index >= 15 is 0 Å². The van der Waals surface area contributed by atoms with Gasteiger partial charge in [0.2, 0.25) is 0 Å². The summed E-state index contributed by atoms with van der Waals surface area (Å²) in [6.07, 6.45) is 0.730. The van der Waals surface area contributed by atoms with Gasteiger partial charge in [-0.1, -0.05) is 30.3 Å². The Morgan fingerprint density at radius 3 is 2.88 bits per heavy atom. The third-order valence-electron chi connectivity index (χ3n) is 4.58. The lowest BCUT2D eigenvalue weighted by atomic mass is 10.1. The van der Waals surface area contributed by atoms with Gasteiger partial charge in [-0.3, -0.25) is 4.90 Å². The standard InChI is InChI=1S/C19H20FN3S/c20-15-6-2-1-5-14(15)9-11-23-12-10-21-13-17(23)19-22-16-7-3-4-8-18(16)24-19/h1-8,17,21H,9-13H2. The van der Waals surface area contributed by atoms with E-state index in [1.807, 2.05) is 18.2 Å². The largest absolute Gasteiger partial charge is 0.313 e. The van der Waals surface area contributed by atoms with Crippen molar-refractivity contribution in [3.8, 4) is 0 Å². The van der Waals surface area contributed by atoms with Crippen LogP contribution in [-0.2, 0) is 6.42 Å². The minimum Gasteiger partial charge on any atom is -0.313 e. The summed E-state index contributed by atoms with van der Waals surface area (Å²) < 4.78 is 15.1. The first-order valence-corrected chi connectivity index (χ1v) is 9.16. The summed E-state index contributed by atoms with van der Waals surface area (Å²) >= 11 is 1.77. The Labute approximate surface area is 145 Å². The average Bonchev–Trinajstić information content (AvgIpc) is 3.05. The van der Waals surface area contributed by atoms with Gasteiger partial charge in [0, 0.05) is 26.2 Å². The van der Waals surface area contributed by atoms with Crippen LogP contribution in [0.4, 0.5) is 4.39 Å². The summed E-state index contributed by atoms with van der Waals surface area (Å²) in [6, 6.07) is 15.6. The molecule has 1 fully saturated rings. The van der Waals surface area contributed by atoms with Gasteiger partial charge in [-0.2, -0.15) is 0 Å². The number of benzene rings is 2. The minimum atomic E-state index is -0.107. The van der Waals surface area contributed by atoms with E-state index in [1.54, 1.807) is 17.4 Å². The van der Waals surface area contributed by atoms with Crippen molar-refractivity contribution in [1.82, 2.24) is 15.2 Å². The summed E-state index contributed by atoms with van der Waals surface area (Å²) in [5, 5.41) is 4.62. The lowest BCUT2D eigenvalue weighted by Gasteiger charge is -2.35. The molecule has 0 bridgehead atoms. The molecule has 0 saturated carbocycles. The number of hydrogen-bond acceptors (Lipinski definition) is 4. The molecule has 1 aromatic heterocycles. The van der Waals surface area contributed by atoms with Crippen LogP contribution in [0.5, 0.6) is 0 Å². The van der Waals surface area contributed by atoms with Crippen molar-refractivity contribution >= 4 is 21.6 Å². The molecule has 124 valence electrons. The topological polar surface area (TPSA) is 28.2 Å². The predicted molar refractivity (Wildman–Crippen MR) is 96.9 cm³/mol. The van der Waals surface area contributed by atoms with Crippen LogP contribution < -0.4 is 5.32 Å². The summed E-state index contributed by atoms with van der Waals surface area (Å²) in [6.45, 7) is 3.69. The van der Waals surface area contributed by atoms with Crippen LogP contribution in [-0.4, -0.2) is 36.1 Å². The fourth-order valence-electron chi connectivity index (χ4n) is 3.26. The summed E-state index contributed by atoms with van der Waals surface area (Å²) in [5.41, 5.74) is 1.86. The quantitative estimate of drug-likeness (QED) is 0.785. The third-order valence-corrected chi connectivity index (χ3v) is 5.71.